The summed E-state index contributed by atoms with van der Waals surface area (Å²) in [6.07, 6.45) is -4.12. The fraction of sp³-hybridized carbons (Fsp3) is 0.308. The number of benzene rings is 1. The van der Waals surface area contributed by atoms with Crippen LogP contribution in [0.5, 0.6) is 0 Å². The fourth-order valence-corrected chi connectivity index (χ4v) is 1.77. The first-order chi connectivity index (χ1) is 9.32. The Morgan fingerprint density at radius 2 is 2.00 bits per heavy atom. The van der Waals surface area contributed by atoms with Gasteiger partial charge in [0.2, 0.25) is 0 Å². The highest BCUT2D eigenvalue weighted by atomic mass is 19.4. The Balaban J connectivity index is 2.50. The SMILES string of the molecule is CCC(N)c1cc(-c2ccc(F)cc2C(F)(F)F)no1. The first-order valence-corrected chi connectivity index (χ1v) is 5.92. The summed E-state index contributed by atoms with van der Waals surface area (Å²) >= 11 is 0. The number of alkyl halides is 3. The molecule has 0 saturated carbocycles. The van der Waals surface area contributed by atoms with Crippen molar-refractivity contribution in [1.82, 2.24) is 5.16 Å². The molecule has 1 heterocycles. The Kier molecular flexibility index (Phi) is 3.80. The summed E-state index contributed by atoms with van der Waals surface area (Å²) in [6, 6.07) is 3.31. The Bertz CT molecular complexity index is 607. The summed E-state index contributed by atoms with van der Waals surface area (Å²) in [6.45, 7) is 1.81. The van der Waals surface area contributed by atoms with Gasteiger partial charge in [-0.2, -0.15) is 13.2 Å². The molecule has 0 bridgehead atoms. The smallest absolute Gasteiger partial charge is 0.359 e. The zero-order valence-corrected chi connectivity index (χ0v) is 10.5. The van der Waals surface area contributed by atoms with Crippen molar-refractivity contribution in [1.29, 1.82) is 0 Å². The van der Waals surface area contributed by atoms with E-state index in [2.05, 4.69) is 5.16 Å². The summed E-state index contributed by atoms with van der Waals surface area (Å²) in [5, 5.41) is 3.58. The second-order valence-corrected chi connectivity index (χ2v) is 4.32. The topological polar surface area (TPSA) is 52.0 Å². The molecule has 0 saturated heterocycles. The Labute approximate surface area is 112 Å². The third-order valence-electron chi connectivity index (χ3n) is 2.90. The molecule has 1 aromatic heterocycles. The standard InChI is InChI=1S/C13H12F4N2O/c1-2-10(18)12-6-11(19-20-12)8-4-3-7(14)5-9(8)13(15,16)17/h3-6,10H,2,18H2,1H3. The zero-order chi connectivity index (χ0) is 14.9. The van der Waals surface area contributed by atoms with Gasteiger partial charge in [0.25, 0.3) is 0 Å². The molecule has 0 aliphatic heterocycles. The molecule has 2 N–H and O–H groups in total. The molecule has 2 rings (SSSR count). The fourth-order valence-electron chi connectivity index (χ4n) is 1.77. The van der Waals surface area contributed by atoms with E-state index in [1.54, 1.807) is 0 Å². The van der Waals surface area contributed by atoms with Crippen LogP contribution in [0, 0.1) is 5.82 Å². The highest BCUT2D eigenvalue weighted by Crippen LogP contribution is 2.37. The molecule has 2 aromatic rings. The maximum Gasteiger partial charge on any atom is 0.417 e. The lowest BCUT2D eigenvalue weighted by molar-refractivity contribution is -0.137. The van der Waals surface area contributed by atoms with Crippen molar-refractivity contribution in [2.24, 2.45) is 5.73 Å². The number of halogens is 4. The Hall–Kier alpha value is -1.89. The maximum atomic E-state index is 13.0. The van der Waals surface area contributed by atoms with E-state index in [1.165, 1.54) is 6.07 Å². The summed E-state index contributed by atoms with van der Waals surface area (Å²) in [7, 11) is 0. The van der Waals surface area contributed by atoms with Crippen molar-refractivity contribution in [3.8, 4) is 11.3 Å². The van der Waals surface area contributed by atoms with Gasteiger partial charge in [0.15, 0.2) is 5.76 Å². The van der Waals surface area contributed by atoms with Gasteiger partial charge in [0.05, 0.1) is 11.6 Å². The minimum Gasteiger partial charge on any atom is -0.359 e. The molecule has 0 aliphatic carbocycles. The molecule has 0 radical (unpaired) electrons. The van der Waals surface area contributed by atoms with E-state index in [1.807, 2.05) is 6.92 Å². The molecular formula is C13H12F4N2O. The number of nitrogens with two attached hydrogens (primary N) is 1. The number of aromatic nitrogens is 1. The number of hydrogen-bond donors (Lipinski definition) is 1. The van der Waals surface area contributed by atoms with E-state index < -0.39 is 23.6 Å². The van der Waals surface area contributed by atoms with E-state index in [0.717, 1.165) is 12.1 Å². The van der Waals surface area contributed by atoms with Crippen molar-refractivity contribution < 1.29 is 22.1 Å². The molecule has 108 valence electrons. The Morgan fingerprint density at radius 1 is 1.30 bits per heavy atom. The molecule has 0 aliphatic rings. The molecule has 7 heteroatoms. The van der Waals surface area contributed by atoms with Crippen LogP contribution in [0.1, 0.15) is 30.7 Å². The molecule has 20 heavy (non-hydrogen) atoms. The largest absolute Gasteiger partial charge is 0.417 e. The maximum absolute atomic E-state index is 13.0. The summed E-state index contributed by atoms with van der Waals surface area (Å²) in [4.78, 5) is 0. The number of nitrogens with zero attached hydrogens (tertiary/aromatic N) is 1. The van der Waals surface area contributed by atoms with Crippen molar-refractivity contribution in [2.45, 2.75) is 25.6 Å². The predicted octanol–water partition coefficient (Wildman–Crippen LogP) is 3.91. The van der Waals surface area contributed by atoms with Gasteiger partial charge in [-0.3, -0.25) is 0 Å². The number of hydrogen-bond acceptors (Lipinski definition) is 3. The molecule has 0 spiro atoms. The summed E-state index contributed by atoms with van der Waals surface area (Å²) in [5.74, 6) is -0.671. The van der Waals surface area contributed by atoms with E-state index in [4.69, 9.17) is 10.3 Å². The molecule has 0 amide bonds. The van der Waals surface area contributed by atoms with Gasteiger partial charge in [-0.1, -0.05) is 12.1 Å². The second-order valence-electron chi connectivity index (χ2n) is 4.32. The first-order valence-electron chi connectivity index (χ1n) is 5.92. The molecule has 3 nitrogen and oxygen atoms in total. The van der Waals surface area contributed by atoms with Crippen LogP contribution in [0.25, 0.3) is 11.3 Å². The van der Waals surface area contributed by atoms with Crippen LogP contribution < -0.4 is 5.73 Å². The van der Waals surface area contributed by atoms with Crippen molar-refractivity contribution in [3.63, 3.8) is 0 Å². The van der Waals surface area contributed by atoms with Gasteiger partial charge in [0.1, 0.15) is 11.5 Å². The second kappa shape index (κ2) is 5.24. The van der Waals surface area contributed by atoms with E-state index in [-0.39, 0.29) is 11.3 Å². The van der Waals surface area contributed by atoms with Crippen LogP contribution in [0.2, 0.25) is 0 Å². The third kappa shape index (κ3) is 2.82. The summed E-state index contributed by atoms with van der Waals surface area (Å²) < 4.78 is 56.6. The molecule has 1 unspecified atom stereocenters. The van der Waals surface area contributed by atoms with Gasteiger partial charge in [-0.15, -0.1) is 0 Å². The molecule has 0 fully saturated rings. The van der Waals surface area contributed by atoms with Crippen LogP contribution >= 0.6 is 0 Å². The van der Waals surface area contributed by atoms with Gasteiger partial charge < -0.3 is 10.3 Å². The Morgan fingerprint density at radius 3 is 2.60 bits per heavy atom. The minimum atomic E-state index is -4.68. The van der Waals surface area contributed by atoms with Gasteiger partial charge in [0, 0.05) is 11.6 Å². The lowest BCUT2D eigenvalue weighted by Crippen LogP contribution is -2.08. The average molecular weight is 288 g/mol. The predicted molar refractivity (Wildman–Crippen MR) is 64.1 cm³/mol. The van der Waals surface area contributed by atoms with Gasteiger partial charge >= 0.3 is 6.18 Å². The van der Waals surface area contributed by atoms with E-state index >= 15 is 0 Å². The van der Waals surface area contributed by atoms with Crippen LogP contribution in [0.3, 0.4) is 0 Å². The van der Waals surface area contributed by atoms with Crippen LogP contribution in [-0.4, -0.2) is 5.16 Å². The summed E-state index contributed by atoms with van der Waals surface area (Å²) in [5.41, 5.74) is 4.37. The average Bonchev–Trinajstić information content (AvgIpc) is 2.86. The van der Waals surface area contributed by atoms with Crippen molar-refractivity contribution in [3.05, 3.63) is 41.4 Å². The van der Waals surface area contributed by atoms with Crippen LogP contribution in [-0.2, 0) is 6.18 Å². The third-order valence-corrected chi connectivity index (χ3v) is 2.90. The molecular weight excluding hydrogens is 276 g/mol. The van der Waals surface area contributed by atoms with Crippen LogP contribution in [0.15, 0.2) is 28.8 Å². The first kappa shape index (κ1) is 14.5. The monoisotopic (exact) mass is 288 g/mol. The lowest BCUT2D eigenvalue weighted by Gasteiger charge is -2.10. The lowest BCUT2D eigenvalue weighted by atomic mass is 10.0. The van der Waals surface area contributed by atoms with Gasteiger partial charge in [-0.25, -0.2) is 4.39 Å². The van der Waals surface area contributed by atoms with Gasteiger partial charge in [-0.05, 0) is 24.6 Å². The highest BCUT2D eigenvalue weighted by Gasteiger charge is 2.35. The minimum absolute atomic E-state index is 0.0174. The van der Waals surface area contributed by atoms with E-state index in [9.17, 15) is 17.6 Å². The zero-order valence-electron chi connectivity index (χ0n) is 10.5. The van der Waals surface area contributed by atoms with Crippen molar-refractivity contribution >= 4 is 0 Å². The van der Waals surface area contributed by atoms with Crippen molar-refractivity contribution in [2.75, 3.05) is 0 Å². The normalized spacial score (nSPS) is 13.5. The highest BCUT2D eigenvalue weighted by molar-refractivity contribution is 5.64. The van der Waals surface area contributed by atoms with Crippen LogP contribution in [0.4, 0.5) is 17.6 Å². The number of rotatable bonds is 3. The van der Waals surface area contributed by atoms with E-state index in [0.29, 0.717) is 18.2 Å². The quantitative estimate of drug-likeness (QED) is 0.871. The molecule has 1 aromatic carbocycles. The molecule has 1 atom stereocenters.